The molecule has 0 aromatic carbocycles. The fourth-order valence-corrected chi connectivity index (χ4v) is 2.41. The molecule has 1 heterocycles. The summed E-state index contributed by atoms with van der Waals surface area (Å²) in [6.07, 6.45) is 0. The first-order chi connectivity index (χ1) is 9.35. The van der Waals surface area contributed by atoms with E-state index in [1.54, 1.807) is 13.0 Å². The van der Waals surface area contributed by atoms with Crippen molar-refractivity contribution in [2.75, 3.05) is 13.2 Å². The van der Waals surface area contributed by atoms with Crippen molar-refractivity contribution in [3.63, 3.8) is 0 Å². The fraction of sp³-hybridized carbons (Fsp3) is 0.571. The highest BCUT2D eigenvalue weighted by Gasteiger charge is 2.19. The molecule has 0 aliphatic carbocycles. The van der Waals surface area contributed by atoms with Gasteiger partial charge in [-0.2, -0.15) is 0 Å². The van der Waals surface area contributed by atoms with E-state index in [0.717, 1.165) is 11.3 Å². The van der Waals surface area contributed by atoms with Crippen molar-refractivity contribution >= 4 is 29.2 Å². The van der Waals surface area contributed by atoms with Crippen LogP contribution in [-0.4, -0.2) is 35.0 Å². The van der Waals surface area contributed by atoms with Gasteiger partial charge in [0.05, 0.1) is 13.2 Å². The number of nitrogens with zero attached hydrogens (tertiary/aromatic N) is 2. The Morgan fingerprint density at radius 3 is 2.60 bits per heavy atom. The lowest BCUT2D eigenvalue weighted by Gasteiger charge is -2.26. The van der Waals surface area contributed by atoms with Gasteiger partial charge >= 0.3 is 5.97 Å². The predicted molar refractivity (Wildman–Crippen MR) is 81.2 cm³/mol. The fourth-order valence-electron chi connectivity index (χ4n) is 1.76. The molecule has 6 heteroatoms. The largest absolute Gasteiger partial charge is 0.465 e. The summed E-state index contributed by atoms with van der Waals surface area (Å²) in [5, 5.41) is 0.946. The minimum absolute atomic E-state index is 0.160. The molecule has 0 N–H and O–H groups in total. The highest BCUT2D eigenvalue weighted by molar-refractivity contribution is 6.35. The van der Waals surface area contributed by atoms with E-state index in [0.29, 0.717) is 23.3 Å². The molecule has 1 aromatic rings. The maximum absolute atomic E-state index is 11.6. The van der Waals surface area contributed by atoms with Gasteiger partial charge in [0.25, 0.3) is 0 Å². The Labute approximate surface area is 130 Å². The number of hydrogen-bond acceptors (Lipinski definition) is 4. The summed E-state index contributed by atoms with van der Waals surface area (Å²) >= 11 is 12.4. The van der Waals surface area contributed by atoms with Crippen molar-refractivity contribution in [3.05, 3.63) is 27.5 Å². The lowest BCUT2D eigenvalue weighted by molar-refractivity contribution is -0.145. The zero-order chi connectivity index (χ0) is 15.3. The second-order valence-electron chi connectivity index (χ2n) is 4.82. The van der Waals surface area contributed by atoms with Crippen LogP contribution in [0.4, 0.5) is 0 Å². The highest BCUT2D eigenvalue weighted by Crippen LogP contribution is 2.25. The van der Waals surface area contributed by atoms with Crippen LogP contribution in [0, 0.1) is 6.92 Å². The van der Waals surface area contributed by atoms with Crippen molar-refractivity contribution in [1.29, 1.82) is 0 Å². The number of carbonyl (C=O) groups excluding carboxylic acids is 1. The maximum atomic E-state index is 11.6. The zero-order valence-corrected chi connectivity index (χ0v) is 13.8. The van der Waals surface area contributed by atoms with Gasteiger partial charge in [0.15, 0.2) is 0 Å². The van der Waals surface area contributed by atoms with Crippen molar-refractivity contribution in [1.82, 2.24) is 9.88 Å². The number of carbonyl (C=O) groups is 1. The summed E-state index contributed by atoms with van der Waals surface area (Å²) in [7, 11) is 0. The molecule has 0 fully saturated rings. The average Bonchev–Trinajstić information content (AvgIpc) is 2.32. The summed E-state index contributed by atoms with van der Waals surface area (Å²) in [5.74, 6) is -0.256. The summed E-state index contributed by atoms with van der Waals surface area (Å²) < 4.78 is 4.98. The van der Waals surface area contributed by atoms with Gasteiger partial charge in [-0.3, -0.25) is 9.69 Å². The Bertz CT molecular complexity index is 455. The lowest BCUT2D eigenvalue weighted by atomic mass is 10.2. The third kappa shape index (κ3) is 4.93. The smallest absolute Gasteiger partial charge is 0.320 e. The van der Waals surface area contributed by atoms with Crippen molar-refractivity contribution < 1.29 is 9.53 Å². The molecular weight excluding hydrogens is 299 g/mol. The van der Waals surface area contributed by atoms with Gasteiger partial charge in [0.2, 0.25) is 0 Å². The predicted octanol–water partition coefficient (Wildman–Crippen LogP) is 3.47. The van der Waals surface area contributed by atoms with Crippen LogP contribution in [0.25, 0.3) is 0 Å². The van der Waals surface area contributed by atoms with Crippen molar-refractivity contribution in [2.24, 2.45) is 0 Å². The molecule has 4 nitrogen and oxygen atoms in total. The first kappa shape index (κ1) is 17.2. The van der Waals surface area contributed by atoms with E-state index in [4.69, 9.17) is 27.9 Å². The molecular formula is C14H20Cl2N2O2. The molecule has 0 aliphatic heterocycles. The molecule has 20 heavy (non-hydrogen) atoms. The second kappa shape index (κ2) is 7.81. The summed E-state index contributed by atoms with van der Waals surface area (Å²) in [6, 6.07) is 1.93. The maximum Gasteiger partial charge on any atom is 0.320 e. The molecule has 0 unspecified atom stereocenters. The minimum Gasteiger partial charge on any atom is -0.465 e. The van der Waals surface area contributed by atoms with Gasteiger partial charge in [-0.25, -0.2) is 4.98 Å². The first-order valence-corrected chi connectivity index (χ1v) is 7.31. The zero-order valence-electron chi connectivity index (χ0n) is 12.2. The van der Waals surface area contributed by atoms with Crippen LogP contribution in [0.3, 0.4) is 0 Å². The average molecular weight is 319 g/mol. The second-order valence-corrected chi connectivity index (χ2v) is 5.58. The van der Waals surface area contributed by atoms with Gasteiger partial charge in [0.1, 0.15) is 5.15 Å². The van der Waals surface area contributed by atoms with Gasteiger partial charge in [-0.1, -0.05) is 23.2 Å². The van der Waals surface area contributed by atoms with Crippen LogP contribution < -0.4 is 0 Å². The number of pyridine rings is 1. The third-order valence-electron chi connectivity index (χ3n) is 2.88. The van der Waals surface area contributed by atoms with E-state index in [-0.39, 0.29) is 18.6 Å². The number of aryl methyl sites for hydroxylation is 1. The first-order valence-electron chi connectivity index (χ1n) is 6.56. The highest BCUT2D eigenvalue weighted by atomic mass is 35.5. The Morgan fingerprint density at radius 1 is 1.45 bits per heavy atom. The van der Waals surface area contributed by atoms with Crippen molar-refractivity contribution in [3.8, 4) is 0 Å². The van der Waals surface area contributed by atoms with Crippen molar-refractivity contribution in [2.45, 2.75) is 40.3 Å². The molecule has 0 spiro atoms. The number of hydrogen-bond donors (Lipinski definition) is 0. The number of esters is 1. The Balaban J connectivity index is 2.88. The summed E-state index contributed by atoms with van der Waals surface area (Å²) in [6.45, 7) is 8.66. The van der Waals surface area contributed by atoms with Crippen LogP contribution in [0.2, 0.25) is 10.2 Å². The standard InChI is InChI=1S/C14H20Cl2N2O2/c1-5-20-13(19)8-18(9(2)3)7-11-12(15)6-10(4)17-14(11)16/h6,9H,5,7-8H2,1-4H3. The molecule has 0 amide bonds. The van der Waals surface area contributed by atoms with Gasteiger partial charge < -0.3 is 4.74 Å². The van der Waals surface area contributed by atoms with E-state index < -0.39 is 0 Å². The monoisotopic (exact) mass is 318 g/mol. The molecule has 0 saturated carbocycles. The molecule has 1 rings (SSSR count). The normalized spacial score (nSPS) is 11.2. The van der Waals surface area contributed by atoms with Gasteiger partial charge in [-0.15, -0.1) is 0 Å². The number of rotatable bonds is 6. The number of halogens is 2. The van der Waals surface area contributed by atoms with E-state index in [2.05, 4.69) is 4.98 Å². The van der Waals surface area contributed by atoms with E-state index >= 15 is 0 Å². The van der Waals surface area contributed by atoms with E-state index in [9.17, 15) is 4.79 Å². The van der Waals surface area contributed by atoms with E-state index in [1.807, 2.05) is 25.7 Å². The van der Waals surface area contributed by atoms with Crippen LogP contribution in [0.5, 0.6) is 0 Å². The molecule has 0 bridgehead atoms. The topological polar surface area (TPSA) is 42.4 Å². The molecule has 1 aromatic heterocycles. The quantitative estimate of drug-likeness (QED) is 0.595. The Hall–Kier alpha value is -0.840. The van der Waals surface area contributed by atoms with Crippen LogP contribution in [-0.2, 0) is 16.1 Å². The van der Waals surface area contributed by atoms with Gasteiger partial charge in [0, 0.05) is 28.9 Å². The lowest BCUT2D eigenvalue weighted by Crippen LogP contribution is -2.36. The minimum atomic E-state index is -0.256. The van der Waals surface area contributed by atoms with Gasteiger partial charge in [-0.05, 0) is 33.8 Å². The Kier molecular flexibility index (Phi) is 6.72. The van der Waals surface area contributed by atoms with Crippen LogP contribution in [0.1, 0.15) is 32.0 Å². The van der Waals surface area contributed by atoms with Crippen LogP contribution in [0.15, 0.2) is 6.07 Å². The van der Waals surface area contributed by atoms with Crippen LogP contribution >= 0.6 is 23.2 Å². The molecule has 0 saturated heterocycles. The molecule has 0 radical (unpaired) electrons. The number of aromatic nitrogens is 1. The summed E-state index contributed by atoms with van der Waals surface area (Å²) in [4.78, 5) is 17.8. The SMILES string of the molecule is CCOC(=O)CN(Cc1c(Cl)cc(C)nc1Cl)C(C)C. The molecule has 0 atom stereocenters. The Morgan fingerprint density at radius 2 is 2.10 bits per heavy atom. The molecule has 0 aliphatic rings. The number of ether oxygens (including phenoxy) is 1. The molecule has 112 valence electrons. The third-order valence-corrected chi connectivity index (χ3v) is 3.53. The summed E-state index contributed by atoms with van der Waals surface area (Å²) in [5.41, 5.74) is 1.50. The van der Waals surface area contributed by atoms with E-state index in [1.165, 1.54) is 0 Å².